The average molecular weight is 656 g/mol. The fourth-order valence-electron chi connectivity index (χ4n) is 3.58. The predicted octanol–water partition coefficient (Wildman–Crippen LogP) is 9.16. The lowest BCUT2D eigenvalue weighted by Gasteiger charge is -2.31. The van der Waals surface area contributed by atoms with E-state index < -0.39 is 64.4 Å². The summed E-state index contributed by atoms with van der Waals surface area (Å²) < 4.78 is 142. The normalized spacial score (nSPS) is 11.6. The van der Waals surface area contributed by atoms with Gasteiger partial charge in [0.05, 0.1) is 28.6 Å². The lowest BCUT2D eigenvalue weighted by atomic mass is 9.90. The molecule has 0 aromatic heterocycles. The van der Waals surface area contributed by atoms with Crippen LogP contribution in [0.1, 0.15) is 52.0 Å². The van der Waals surface area contributed by atoms with Crippen molar-refractivity contribution in [2.24, 2.45) is 0 Å². The number of nitrogens with zero attached hydrogens (tertiary/aromatic N) is 1. The van der Waals surface area contributed by atoms with Gasteiger partial charge in [-0.1, -0.05) is 32.0 Å². The van der Waals surface area contributed by atoms with Gasteiger partial charge in [0.25, 0.3) is 5.91 Å². The van der Waals surface area contributed by atoms with E-state index in [4.69, 9.17) is 5.26 Å². The van der Waals surface area contributed by atoms with Gasteiger partial charge in [0.1, 0.15) is 5.82 Å². The summed E-state index contributed by atoms with van der Waals surface area (Å²) in [6.07, 6.45) is -18.8. The highest BCUT2D eigenvalue weighted by Gasteiger charge is 2.73. The number of nitrogens with one attached hydrogen (secondary N) is 2. The molecule has 0 aliphatic rings. The summed E-state index contributed by atoms with van der Waals surface area (Å²) in [5.41, 5.74) is -10.8. The molecule has 0 fully saturated rings. The fourth-order valence-corrected chi connectivity index (χ4v) is 3.58. The summed E-state index contributed by atoms with van der Waals surface area (Å²) in [7, 11) is 0. The standard InChI is InChI=1S/C15H11FN2O.C12H7F10NO.C2H6/c1-10-3-2-4-13(14(10)16)18-15(19)12-7-5-11(9-17)6-8-12;1-5-2-6(9(13,11(17,18)19)12(20,21)22)3-7(10(14,15)16)8(5)23-4-24;1-2/h2-8H,1H3,(H,18,19);2-4H,1H3,(H,23,24);1-2H3. The zero-order valence-electron chi connectivity index (χ0n) is 23.7. The summed E-state index contributed by atoms with van der Waals surface area (Å²) in [5, 5.41) is 12.7. The molecule has 16 heteroatoms. The number of rotatable bonds is 5. The maximum atomic E-state index is 13.9. The summed E-state index contributed by atoms with van der Waals surface area (Å²) in [6, 6.07) is 12.2. The van der Waals surface area contributed by atoms with Crippen LogP contribution < -0.4 is 10.6 Å². The van der Waals surface area contributed by atoms with Crippen molar-refractivity contribution in [2.75, 3.05) is 10.6 Å². The first-order valence-electron chi connectivity index (χ1n) is 12.5. The number of hydrogen-bond acceptors (Lipinski definition) is 3. The van der Waals surface area contributed by atoms with Crippen molar-refractivity contribution < 1.29 is 57.9 Å². The van der Waals surface area contributed by atoms with Gasteiger partial charge in [-0.25, -0.2) is 8.78 Å². The molecule has 3 aromatic carbocycles. The highest BCUT2D eigenvalue weighted by molar-refractivity contribution is 6.04. The van der Waals surface area contributed by atoms with Crippen LogP contribution in [-0.4, -0.2) is 24.7 Å². The molecule has 3 rings (SSSR count). The van der Waals surface area contributed by atoms with Crippen LogP contribution in [0.2, 0.25) is 0 Å². The van der Waals surface area contributed by atoms with Crippen molar-refractivity contribution in [1.82, 2.24) is 0 Å². The number of carbonyl (C=O) groups is 2. The molecule has 0 bridgehead atoms. The third kappa shape index (κ3) is 8.93. The molecule has 0 heterocycles. The Hall–Kier alpha value is -4.68. The van der Waals surface area contributed by atoms with Gasteiger partial charge in [-0.15, -0.1) is 0 Å². The Balaban J connectivity index is 0.000000435. The maximum absolute atomic E-state index is 13.9. The number of nitriles is 1. The van der Waals surface area contributed by atoms with Crippen LogP contribution in [-0.2, 0) is 16.6 Å². The molecule has 0 saturated carbocycles. The van der Waals surface area contributed by atoms with E-state index in [-0.39, 0.29) is 18.2 Å². The molecule has 0 saturated heterocycles. The number of amides is 2. The summed E-state index contributed by atoms with van der Waals surface area (Å²) in [6.45, 7) is 6.32. The first-order valence-corrected chi connectivity index (χ1v) is 12.5. The molecule has 0 unspecified atom stereocenters. The Kier molecular flexibility index (Phi) is 12.7. The van der Waals surface area contributed by atoms with E-state index in [2.05, 4.69) is 5.32 Å². The van der Waals surface area contributed by atoms with Crippen molar-refractivity contribution in [2.45, 2.75) is 51.9 Å². The number of alkyl halides is 10. The maximum Gasteiger partial charge on any atom is 0.435 e. The number of aryl methyl sites for hydroxylation is 2. The number of carbonyl (C=O) groups excluding carboxylic acids is 2. The van der Waals surface area contributed by atoms with Gasteiger partial charge in [-0.2, -0.15) is 44.8 Å². The van der Waals surface area contributed by atoms with E-state index >= 15 is 0 Å². The molecular weight excluding hydrogens is 631 g/mol. The van der Waals surface area contributed by atoms with E-state index in [1.54, 1.807) is 31.2 Å². The quantitative estimate of drug-likeness (QED) is 0.213. The third-order valence-corrected chi connectivity index (χ3v) is 5.74. The number of benzene rings is 3. The monoisotopic (exact) mass is 655 g/mol. The minimum Gasteiger partial charge on any atom is -0.328 e. The van der Waals surface area contributed by atoms with E-state index in [0.717, 1.165) is 0 Å². The van der Waals surface area contributed by atoms with Gasteiger partial charge in [-0.05, 0) is 61.4 Å². The van der Waals surface area contributed by atoms with E-state index in [1.165, 1.54) is 23.5 Å². The first kappa shape index (κ1) is 38.3. The van der Waals surface area contributed by atoms with Crippen molar-refractivity contribution in [1.29, 1.82) is 5.26 Å². The molecule has 0 spiro atoms. The van der Waals surface area contributed by atoms with Gasteiger partial charge in [0.2, 0.25) is 6.41 Å². The van der Waals surface area contributed by atoms with E-state index in [9.17, 15) is 57.9 Å². The Morgan fingerprint density at radius 1 is 0.822 bits per heavy atom. The Morgan fingerprint density at radius 3 is 1.80 bits per heavy atom. The largest absolute Gasteiger partial charge is 0.435 e. The highest BCUT2D eigenvalue weighted by atomic mass is 19.4. The first-order chi connectivity index (χ1) is 20.7. The SMILES string of the molecule is CC.Cc1cc(C(F)(C(F)(F)F)C(F)(F)F)cc(C(F)(F)F)c1NC=O.Cc1cccc(NC(=O)c2ccc(C#N)cc2)c1F. The van der Waals surface area contributed by atoms with Gasteiger partial charge in [0, 0.05) is 11.1 Å². The highest BCUT2D eigenvalue weighted by Crippen LogP contribution is 2.54. The molecule has 0 aliphatic carbocycles. The zero-order valence-corrected chi connectivity index (χ0v) is 23.7. The molecule has 45 heavy (non-hydrogen) atoms. The average Bonchev–Trinajstić information content (AvgIpc) is 2.95. The summed E-state index contributed by atoms with van der Waals surface area (Å²) >= 11 is 0. The number of halogens is 11. The molecular formula is C29H24F11N3O2. The van der Waals surface area contributed by atoms with Gasteiger partial charge in [-0.3, -0.25) is 9.59 Å². The van der Waals surface area contributed by atoms with E-state index in [1.807, 2.05) is 19.9 Å². The molecule has 5 nitrogen and oxygen atoms in total. The van der Waals surface area contributed by atoms with Crippen LogP contribution in [0.4, 0.5) is 59.7 Å². The van der Waals surface area contributed by atoms with Crippen LogP contribution in [0.3, 0.4) is 0 Å². The number of hydrogen-bond donors (Lipinski definition) is 2. The second-order valence-corrected chi connectivity index (χ2v) is 8.71. The molecule has 3 aromatic rings. The van der Waals surface area contributed by atoms with Gasteiger partial charge in [0.15, 0.2) is 0 Å². The lowest BCUT2D eigenvalue weighted by molar-refractivity contribution is -0.348. The van der Waals surface area contributed by atoms with Crippen molar-refractivity contribution >= 4 is 23.7 Å². The molecule has 0 atom stereocenters. The number of anilines is 2. The predicted molar refractivity (Wildman–Crippen MR) is 142 cm³/mol. The molecule has 0 radical (unpaired) electrons. The minimum absolute atomic E-state index is 0.0535. The van der Waals surface area contributed by atoms with E-state index in [0.29, 0.717) is 23.6 Å². The van der Waals surface area contributed by atoms with Crippen molar-refractivity contribution in [3.63, 3.8) is 0 Å². The fraction of sp³-hybridized carbons (Fsp3) is 0.276. The van der Waals surface area contributed by atoms with Crippen LogP contribution >= 0.6 is 0 Å². The molecule has 244 valence electrons. The van der Waals surface area contributed by atoms with Crippen molar-refractivity contribution in [3.05, 3.63) is 93.8 Å². The van der Waals surface area contributed by atoms with Crippen LogP contribution in [0, 0.1) is 31.0 Å². The second kappa shape index (κ2) is 14.9. The van der Waals surface area contributed by atoms with Crippen LogP contribution in [0.5, 0.6) is 0 Å². The Labute approximate surface area is 249 Å². The van der Waals surface area contributed by atoms with Crippen LogP contribution in [0.15, 0.2) is 54.6 Å². The Bertz CT molecular complexity index is 1510. The topological polar surface area (TPSA) is 82.0 Å². The molecule has 2 amide bonds. The Morgan fingerprint density at radius 2 is 1.36 bits per heavy atom. The second-order valence-electron chi connectivity index (χ2n) is 8.71. The smallest absolute Gasteiger partial charge is 0.328 e. The van der Waals surface area contributed by atoms with Crippen molar-refractivity contribution in [3.8, 4) is 6.07 Å². The summed E-state index contributed by atoms with van der Waals surface area (Å²) in [5.74, 6) is -0.849. The van der Waals surface area contributed by atoms with Gasteiger partial charge < -0.3 is 10.6 Å². The molecule has 2 N–H and O–H groups in total. The van der Waals surface area contributed by atoms with Crippen LogP contribution in [0.25, 0.3) is 0 Å². The zero-order chi connectivity index (χ0) is 35.0. The summed E-state index contributed by atoms with van der Waals surface area (Å²) in [4.78, 5) is 22.2. The van der Waals surface area contributed by atoms with Gasteiger partial charge >= 0.3 is 24.2 Å². The third-order valence-electron chi connectivity index (χ3n) is 5.74. The lowest BCUT2D eigenvalue weighted by Crippen LogP contribution is -2.50. The molecule has 0 aliphatic heterocycles. The minimum atomic E-state index is -6.56.